The van der Waals surface area contributed by atoms with Crippen LogP contribution in [0.25, 0.3) is 11.2 Å². The van der Waals surface area contributed by atoms with Crippen LogP contribution in [0.4, 0.5) is 0 Å². The number of nitrogens with one attached hydrogen (secondary N) is 1. The second kappa shape index (κ2) is 2.78. The fourth-order valence-corrected chi connectivity index (χ4v) is 1.01. The van der Waals surface area contributed by atoms with Crippen LogP contribution in [0, 0.1) is 0 Å². The number of carbonyl (C=O) groups is 1. The Bertz CT molecular complexity index is 518. The van der Waals surface area contributed by atoms with E-state index in [9.17, 15) is 9.59 Å². The highest BCUT2D eigenvalue weighted by atomic mass is 16.1. The molecule has 0 spiro atoms. The Morgan fingerprint density at radius 1 is 1.31 bits per heavy atom. The lowest BCUT2D eigenvalue weighted by Crippen LogP contribution is -2.06. The molecule has 2 heterocycles. The molecule has 0 aliphatic heterocycles. The number of hydrogen-bond acceptors (Lipinski definition) is 4. The van der Waals surface area contributed by atoms with E-state index in [4.69, 9.17) is 0 Å². The molecule has 0 aromatic carbocycles. The summed E-state index contributed by atoms with van der Waals surface area (Å²) in [7, 11) is 0. The van der Waals surface area contributed by atoms with Gasteiger partial charge >= 0.3 is 0 Å². The number of aromatic amines is 1. The van der Waals surface area contributed by atoms with Crippen LogP contribution in [0.3, 0.4) is 0 Å². The molecule has 0 aliphatic carbocycles. The van der Waals surface area contributed by atoms with Gasteiger partial charge in [-0.15, -0.1) is 0 Å². The summed E-state index contributed by atoms with van der Waals surface area (Å²) in [5, 5.41) is 0. The molecule has 0 saturated heterocycles. The van der Waals surface area contributed by atoms with Crippen molar-refractivity contribution in [2.75, 3.05) is 0 Å². The zero-order chi connectivity index (χ0) is 9.26. The summed E-state index contributed by atoms with van der Waals surface area (Å²) in [5.41, 5.74) is 1.02. The standard InChI is InChI=1S/C8H5N3O2/c12-4-5-1-6-8(10-2-5)11-7(13)3-9-6/h1-4H,(H,10,11,13). The maximum atomic E-state index is 10.8. The van der Waals surface area contributed by atoms with E-state index in [0.717, 1.165) is 6.20 Å². The molecule has 0 saturated carbocycles. The Morgan fingerprint density at radius 2 is 2.15 bits per heavy atom. The fourth-order valence-electron chi connectivity index (χ4n) is 1.01. The average Bonchev–Trinajstić information content (AvgIpc) is 2.17. The Hall–Kier alpha value is -2.04. The third-order valence-corrected chi connectivity index (χ3v) is 1.59. The van der Waals surface area contributed by atoms with Crippen LogP contribution in [-0.4, -0.2) is 21.2 Å². The molecule has 5 nitrogen and oxygen atoms in total. The van der Waals surface area contributed by atoms with Gasteiger partial charge in [-0.25, -0.2) is 9.97 Å². The summed E-state index contributed by atoms with van der Waals surface area (Å²) >= 11 is 0. The second-order valence-corrected chi connectivity index (χ2v) is 2.50. The van der Waals surface area contributed by atoms with Gasteiger partial charge in [0.2, 0.25) is 0 Å². The monoisotopic (exact) mass is 175 g/mol. The summed E-state index contributed by atoms with van der Waals surface area (Å²) in [6.07, 6.45) is 3.21. The van der Waals surface area contributed by atoms with Gasteiger partial charge in [0.1, 0.15) is 5.52 Å². The first-order valence-corrected chi connectivity index (χ1v) is 3.60. The van der Waals surface area contributed by atoms with Gasteiger partial charge in [0.15, 0.2) is 11.9 Å². The van der Waals surface area contributed by atoms with Gasteiger partial charge in [-0.3, -0.25) is 9.59 Å². The summed E-state index contributed by atoms with van der Waals surface area (Å²) in [4.78, 5) is 31.4. The molecule has 0 fully saturated rings. The van der Waals surface area contributed by atoms with Gasteiger partial charge < -0.3 is 4.98 Å². The molecule has 0 radical (unpaired) electrons. The molecular formula is C8H5N3O2. The summed E-state index contributed by atoms with van der Waals surface area (Å²) in [6, 6.07) is 1.56. The summed E-state index contributed by atoms with van der Waals surface area (Å²) in [6.45, 7) is 0. The topological polar surface area (TPSA) is 75.7 Å². The predicted octanol–water partition coefficient (Wildman–Crippen LogP) is 0.131. The first-order chi connectivity index (χ1) is 6.29. The molecule has 0 aliphatic rings. The minimum absolute atomic E-state index is 0.307. The van der Waals surface area contributed by atoms with Crippen LogP contribution in [0.5, 0.6) is 0 Å². The van der Waals surface area contributed by atoms with E-state index in [2.05, 4.69) is 15.0 Å². The first kappa shape index (κ1) is 7.60. The molecule has 2 rings (SSSR count). The molecule has 2 aromatic heterocycles. The van der Waals surface area contributed by atoms with Crippen molar-refractivity contribution in [1.82, 2.24) is 15.0 Å². The highest BCUT2D eigenvalue weighted by molar-refractivity contribution is 5.81. The van der Waals surface area contributed by atoms with Crippen molar-refractivity contribution in [2.24, 2.45) is 0 Å². The molecule has 13 heavy (non-hydrogen) atoms. The van der Waals surface area contributed by atoms with Crippen molar-refractivity contribution in [1.29, 1.82) is 0 Å². The number of H-pyrrole nitrogens is 1. The number of aldehydes is 1. The maximum Gasteiger partial charge on any atom is 0.268 e. The van der Waals surface area contributed by atoms with Crippen LogP contribution >= 0.6 is 0 Å². The van der Waals surface area contributed by atoms with E-state index in [1.807, 2.05) is 0 Å². The molecule has 64 valence electrons. The summed E-state index contributed by atoms with van der Waals surface area (Å²) < 4.78 is 0. The number of pyridine rings is 1. The highest BCUT2D eigenvalue weighted by Gasteiger charge is 1.98. The molecule has 0 amide bonds. The maximum absolute atomic E-state index is 10.8. The van der Waals surface area contributed by atoms with E-state index in [1.54, 1.807) is 6.07 Å². The van der Waals surface area contributed by atoms with E-state index in [-0.39, 0.29) is 5.56 Å². The Kier molecular flexibility index (Phi) is 1.63. The Labute approximate surface area is 72.5 Å². The van der Waals surface area contributed by atoms with Crippen molar-refractivity contribution < 1.29 is 4.79 Å². The lowest BCUT2D eigenvalue weighted by molar-refractivity contribution is 0.112. The minimum atomic E-state index is -0.307. The van der Waals surface area contributed by atoms with Crippen molar-refractivity contribution in [2.45, 2.75) is 0 Å². The number of hydrogen-bond donors (Lipinski definition) is 1. The molecule has 0 bridgehead atoms. The van der Waals surface area contributed by atoms with Gasteiger partial charge in [0, 0.05) is 11.8 Å². The smallest absolute Gasteiger partial charge is 0.268 e. The third-order valence-electron chi connectivity index (χ3n) is 1.59. The number of carbonyl (C=O) groups excluding carboxylic acids is 1. The van der Waals surface area contributed by atoms with Crippen molar-refractivity contribution >= 4 is 17.5 Å². The third kappa shape index (κ3) is 1.31. The lowest BCUT2D eigenvalue weighted by atomic mass is 10.3. The minimum Gasteiger partial charge on any atom is -0.304 e. The van der Waals surface area contributed by atoms with E-state index >= 15 is 0 Å². The first-order valence-electron chi connectivity index (χ1n) is 3.60. The quantitative estimate of drug-likeness (QED) is 0.625. The van der Waals surface area contributed by atoms with Crippen LogP contribution < -0.4 is 5.56 Å². The molecule has 0 unspecified atom stereocenters. The number of rotatable bonds is 1. The lowest BCUT2D eigenvalue weighted by Gasteiger charge is -1.94. The molecule has 1 N–H and O–H groups in total. The van der Waals surface area contributed by atoms with E-state index in [0.29, 0.717) is 23.0 Å². The van der Waals surface area contributed by atoms with Gasteiger partial charge in [-0.05, 0) is 6.07 Å². The summed E-state index contributed by atoms with van der Waals surface area (Å²) in [5.74, 6) is 0. The highest BCUT2D eigenvalue weighted by Crippen LogP contribution is 2.03. The predicted molar refractivity (Wildman–Crippen MR) is 45.5 cm³/mol. The van der Waals surface area contributed by atoms with Crippen LogP contribution in [0.2, 0.25) is 0 Å². The SMILES string of the molecule is O=Cc1cnc2[nH]c(=O)cnc2c1. The van der Waals surface area contributed by atoms with Crippen molar-refractivity contribution in [3.05, 3.63) is 34.4 Å². The van der Waals surface area contributed by atoms with Crippen LogP contribution in [-0.2, 0) is 0 Å². The normalized spacial score (nSPS) is 10.2. The number of fused-ring (bicyclic) bond motifs is 1. The van der Waals surface area contributed by atoms with Crippen LogP contribution in [0.1, 0.15) is 10.4 Å². The number of aromatic nitrogens is 3. The van der Waals surface area contributed by atoms with Gasteiger partial charge in [-0.2, -0.15) is 0 Å². The van der Waals surface area contributed by atoms with Crippen molar-refractivity contribution in [3.8, 4) is 0 Å². The average molecular weight is 175 g/mol. The van der Waals surface area contributed by atoms with Gasteiger partial charge in [0.25, 0.3) is 5.56 Å². The van der Waals surface area contributed by atoms with Crippen LogP contribution in [0.15, 0.2) is 23.3 Å². The van der Waals surface area contributed by atoms with E-state index in [1.165, 1.54) is 6.20 Å². The largest absolute Gasteiger partial charge is 0.304 e. The van der Waals surface area contributed by atoms with Gasteiger partial charge in [0.05, 0.1) is 6.20 Å². The Balaban J connectivity index is 2.80. The fraction of sp³-hybridized carbons (Fsp3) is 0. The number of nitrogens with zero attached hydrogens (tertiary/aromatic N) is 2. The van der Waals surface area contributed by atoms with E-state index < -0.39 is 0 Å². The zero-order valence-corrected chi connectivity index (χ0v) is 6.52. The molecule has 2 aromatic rings. The molecule has 5 heteroatoms. The molecular weight excluding hydrogens is 170 g/mol. The second-order valence-electron chi connectivity index (χ2n) is 2.50. The molecule has 0 atom stereocenters. The van der Waals surface area contributed by atoms with Crippen molar-refractivity contribution in [3.63, 3.8) is 0 Å². The zero-order valence-electron chi connectivity index (χ0n) is 6.52. The van der Waals surface area contributed by atoms with Gasteiger partial charge in [-0.1, -0.05) is 0 Å². The Morgan fingerprint density at radius 3 is 2.92 bits per heavy atom.